The summed E-state index contributed by atoms with van der Waals surface area (Å²) >= 11 is 0. The number of aromatic nitrogens is 1. The van der Waals surface area contributed by atoms with Crippen LogP contribution in [0.2, 0.25) is 0 Å². The van der Waals surface area contributed by atoms with Crippen LogP contribution >= 0.6 is 0 Å². The Hall–Kier alpha value is -1.09. The second kappa shape index (κ2) is 3.49. The van der Waals surface area contributed by atoms with Crippen molar-refractivity contribution in [2.45, 2.75) is 32.0 Å². The first-order valence-corrected chi connectivity index (χ1v) is 5.57. The molecule has 0 aliphatic heterocycles. The van der Waals surface area contributed by atoms with E-state index in [1.807, 2.05) is 12.1 Å². The maximum atomic E-state index is 8.95. The van der Waals surface area contributed by atoms with Crippen molar-refractivity contribution in [3.63, 3.8) is 0 Å². The first kappa shape index (κ1) is 9.16. The zero-order valence-corrected chi connectivity index (χ0v) is 8.60. The van der Waals surface area contributed by atoms with Gasteiger partial charge in [-0.1, -0.05) is 0 Å². The number of nitrogens with zero attached hydrogens (tertiary/aromatic N) is 1. The number of aliphatic hydroxyl groups is 1. The molecule has 2 aliphatic rings. The molecule has 1 heterocycles. The van der Waals surface area contributed by atoms with E-state index in [4.69, 9.17) is 9.84 Å². The largest absolute Gasteiger partial charge is 0.490 e. The molecule has 0 bridgehead atoms. The molecule has 0 aromatic carbocycles. The Kier molecular flexibility index (Phi) is 2.13. The number of ether oxygens (including phenoxy) is 1. The van der Waals surface area contributed by atoms with E-state index in [1.165, 1.54) is 19.3 Å². The monoisotopic (exact) mass is 205 g/mol. The van der Waals surface area contributed by atoms with E-state index in [2.05, 4.69) is 4.98 Å². The summed E-state index contributed by atoms with van der Waals surface area (Å²) in [4.78, 5) is 4.03. The molecule has 3 atom stereocenters. The summed E-state index contributed by atoms with van der Waals surface area (Å²) in [5, 5.41) is 8.95. The molecule has 0 radical (unpaired) electrons. The van der Waals surface area contributed by atoms with Crippen molar-refractivity contribution in [3.8, 4) is 5.75 Å². The van der Waals surface area contributed by atoms with E-state index in [0.717, 1.165) is 17.6 Å². The van der Waals surface area contributed by atoms with Gasteiger partial charge in [-0.15, -0.1) is 0 Å². The third-order valence-corrected chi connectivity index (χ3v) is 3.45. The summed E-state index contributed by atoms with van der Waals surface area (Å²) in [5.41, 5.74) is 0.677. The maximum absolute atomic E-state index is 8.95. The van der Waals surface area contributed by atoms with Crippen molar-refractivity contribution in [1.29, 1.82) is 0 Å². The van der Waals surface area contributed by atoms with Crippen molar-refractivity contribution in [3.05, 3.63) is 24.0 Å². The lowest BCUT2D eigenvalue weighted by Crippen LogP contribution is -2.13. The Bertz CT molecular complexity index is 356. The third-order valence-electron chi connectivity index (χ3n) is 3.45. The predicted molar refractivity (Wildman–Crippen MR) is 55.4 cm³/mol. The van der Waals surface area contributed by atoms with Gasteiger partial charge in [-0.2, -0.15) is 0 Å². The van der Waals surface area contributed by atoms with Gasteiger partial charge < -0.3 is 9.84 Å². The van der Waals surface area contributed by atoms with Crippen LogP contribution in [0.5, 0.6) is 5.75 Å². The summed E-state index contributed by atoms with van der Waals surface area (Å²) in [6.45, 7) is -0.0207. The van der Waals surface area contributed by atoms with Gasteiger partial charge in [0.15, 0.2) is 0 Å². The number of hydrogen-bond acceptors (Lipinski definition) is 3. The van der Waals surface area contributed by atoms with Gasteiger partial charge >= 0.3 is 0 Å². The van der Waals surface area contributed by atoms with Crippen LogP contribution in [-0.2, 0) is 6.61 Å². The van der Waals surface area contributed by atoms with Crippen LogP contribution in [0.4, 0.5) is 0 Å². The van der Waals surface area contributed by atoms with Gasteiger partial charge in [-0.05, 0) is 37.2 Å². The standard InChI is InChI=1S/C12H15NO2/c14-7-10-6-11(1-2-13-10)15-12-4-8-3-9(8)5-12/h1-2,6,8-9,12,14H,3-5,7H2/t8-,9?,12?/m0/s1. The van der Waals surface area contributed by atoms with E-state index in [-0.39, 0.29) is 6.61 Å². The number of aliphatic hydroxyl groups excluding tert-OH is 1. The van der Waals surface area contributed by atoms with Gasteiger partial charge in [0, 0.05) is 12.3 Å². The molecule has 0 amide bonds. The highest BCUT2D eigenvalue weighted by atomic mass is 16.5. The summed E-state index contributed by atoms with van der Waals surface area (Å²) < 4.78 is 5.87. The summed E-state index contributed by atoms with van der Waals surface area (Å²) in [6.07, 6.45) is 5.92. The average molecular weight is 205 g/mol. The van der Waals surface area contributed by atoms with E-state index in [0.29, 0.717) is 11.8 Å². The second-order valence-corrected chi connectivity index (χ2v) is 4.61. The van der Waals surface area contributed by atoms with Crippen molar-refractivity contribution in [2.24, 2.45) is 11.8 Å². The lowest BCUT2D eigenvalue weighted by atomic mass is 10.2. The lowest BCUT2D eigenvalue weighted by molar-refractivity contribution is 0.193. The summed E-state index contributed by atoms with van der Waals surface area (Å²) in [7, 11) is 0. The van der Waals surface area contributed by atoms with Gasteiger partial charge in [0.2, 0.25) is 0 Å². The summed E-state index contributed by atoms with van der Waals surface area (Å²) in [6, 6.07) is 3.69. The highest BCUT2D eigenvalue weighted by Crippen LogP contribution is 2.52. The first-order valence-electron chi connectivity index (χ1n) is 5.57. The smallest absolute Gasteiger partial charge is 0.123 e. The van der Waals surface area contributed by atoms with Gasteiger partial charge in [-0.3, -0.25) is 4.98 Å². The van der Waals surface area contributed by atoms with Crippen molar-refractivity contribution in [2.75, 3.05) is 0 Å². The van der Waals surface area contributed by atoms with Gasteiger partial charge in [0.25, 0.3) is 0 Å². The Morgan fingerprint density at radius 3 is 2.87 bits per heavy atom. The van der Waals surface area contributed by atoms with Crippen LogP contribution in [0.25, 0.3) is 0 Å². The highest BCUT2D eigenvalue weighted by molar-refractivity contribution is 5.23. The molecule has 2 unspecified atom stereocenters. The quantitative estimate of drug-likeness (QED) is 0.817. The van der Waals surface area contributed by atoms with Gasteiger partial charge in [0.05, 0.1) is 18.4 Å². The fourth-order valence-electron chi connectivity index (χ4n) is 2.56. The molecule has 80 valence electrons. The van der Waals surface area contributed by atoms with E-state index in [1.54, 1.807) is 6.20 Å². The van der Waals surface area contributed by atoms with Crippen LogP contribution in [0.1, 0.15) is 25.0 Å². The normalized spacial score (nSPS) is 32.5. The van der Waals surface area contributed by atoms with Crippen LogP contribution in [0, 0.1) is 11.8 Å². The van der Waals surface area contributed by atoms with Gasteiger partial charge in [-0.25, -0.2) is 0 Å². The Balaban J connectivity index is 1.65. The van der Waals surface area contributed by atoms with E-state index in [9.17, 15) is 0 Å². The fraction of sp³-hybridized carbons (Fsp3) is 0.583. The Morgan fingerprint density at radius 1 is 1.33 bits per heavy atom. The molecule has 3 rings (SSSR count). The number of pyridine rings is 1. The minimum absolute atomic E-state index is 0.0207. The van der Waals surface area contributed by atoms with Crippen molar-refractivity contribution < 1.29 is 9.84 Å². The molecule has 2 fully saturated rings. The molecule has 2 saturated carbocycles. The maximum Gasteiger partial charge on any atom is 0.123 e. The molecule has 0 saturated heterocycles. The van der Waals surface area contributed by atoms with Crippen LogP contribution < -0.4 is 4.74 Å². The molecule has 1 N–H and O–H groups in total. The predicted octanol–water partition coefficient (Wildman–Crippen LogP) is 1.75. The molecule has 2 aliphatic carbocycles. The van der Waals surface area contributed by atoms with E-state index >= 15 is 0 Å². The fourth-order valence-corrected chi connectivity index (χ4v) is 2.56. The summed E-state index contributed by atoms with van der Waals surface area (Å²) in [5.74, 6) is 2.73. The molecular formula is C12H15NO2. The number of rotatable bonds is 3. The molecular weight excluding hydrogens is 190 g/mol. The van der Waals surface area contributed by atoms with E-state index < -0.39 is 0 Å². The SMILES string of the molecule is OCc1cc(OC2CC3C[C@H]3C2)ccn1. The molecule has 0 spiro atoms. The molecule has 1 aromatic rings. The van der Waals surface area contributed by atoms with Crippen LogP contribution in [0.3, 0.4) is 0 Å². The molecule has 3 heteroatoms. The lowest BCUT2D eigenvalue weighted by Gasteiger charge is -2.15. The number of fused-ring (bicyclic) bond motifs is 1. The zero-order chi connectivity index (χ0) is 10.3. The van der Waals surface area contributed by atoms with Crippen molar-refractivity contribution >= 4 is 0 Å². The molecule has 1 aromatic heterocycles. The minimum atomic E-state index is -0.0207. The van der Waals surface area contributed by atoms with Gasteiger partial charge in [0.1, 0.15) is 5.75 Å². The molecule has 15 heavy (non-hydrogen) atoms. The Morgan fingerprint density at radius 2 is 2.13 bits per heavy atom. The van der Waals surface area contributed by atoms with Crippen molar-refractivity contribution in [1.82, 2.24) is 4.98 Å². The second-order valence-electron chi connectivity index (χ2n) is 4.61. The van der Waals surface area contributed by atoms with Crippen LogP contribution in [0.15, 0.2) is 18.3 Å². The highest BCUT2D eigenvalue weighted by Gasteiger charge is 2.46. The molecule has 3 nitrogen and oxygen atoms in total. The van der Waals surface area contributed by atoms with Crippen LogP contribution in [-0.4, -0.2) is 16.2 Å². The Labute approximate surface area is 89.1 Å². The third kappa shape index (κ3) is 1.84. The first-order chi connectivity index (χ1) is 7.35. The average Bonchev–Trinajstić information content (AvgIpc) is 2.87. The topological polar surface area (TPSA) is 42.4 Å². The zero-order valence-electron chi connectivity index (χ0n) is 8.60. The number of hydrogen-bond donors (Lipinski definition) is 1. The minimum Gasteiger partial charge on any atom is -0.490 e.